The molecule has 104 valence electrons. The molecule has 2 amide bonds. The van der Waals surface area contributed by atoms with Crippen LogP contribution in [0.2, 0.25) is 0 Å². The van der Waals surface area contributed by atoms with E-state index in [4.69, 9.17) is 5.11 Å². The Morgan fingerprint density at radius 1 is 1.47 bits per heavy atom. The molecule has 19 heavy (non-hydrogen) atoms. The number of nitrogens with zero attached hydrogens (tertiary/aromatic N) is 3. The molecule has 0 unspecified atom stereocenters. The molecule has 0 spiro atoms. The molecule has 1 rings (SSSR count). The molecule has 0 saturated heterocycles. The van der Waals surface area contributed by atoms with E-state index >= 15 is 0 Å². The van der Waals surface area contributed by atoms with E-state index in [0.29, 0.717) is 0 Å². The number of hydrogen-bond donors (Lipinski definition) is 4. The summed E-state index contributed by atoms with van der Waals surface area (Å²) in [5.41, 5.74) is 0. The van der Waals surface area contributed by atoms with Gasteiger partial charge in [-0.15, -0.1) is 10.2 Å². The monoisotopic (exact) mass is 272 g/mol. The SMILES string of the molecule is COC(=O)C[C@H](NC(=O)NCc1nn[nH]n1)C(=O)O. The van der Waals surface area contributed by atoms with Crippen molar-refractivity contribution in [2.75, 3.05) is 7.11 Å². The molecule has 4 N–H and O–H groups in total. The summed E-state index contributed by atoms with van der Waals surface area (Å²) >= 11 is 0. The van der Waals surface area contributed by atoms with E-state index in [1.165, 1.54) is 0 Å². The van der Waals surface area contributed by atoms with Crippen LogP contribution in [0.1, 0.15) is 12.2 Å². The first kappa shape index (κ1) is 14.3. The molecule has 11 heteroatoms. The molecule has 0 bridgehead atoms. The highest BCUT2D eigenvalue weighted by Gasteiger charge is 2.23. The van der Waals surface area contributed by atoms with Crippen molar-refractivity contribution < 1.29 is 24.2 Å². The van der Waals surface area contributed by atoms with Gasteiger partial charge in [0.2, 0.25) is 0 Å². The lowest BCUT2D eigenvalue weighted by Crippen LogP contribution is -2.46. The number of methoxy groups -OCH3 is 1. The number of H-pyrrole nitrogens is 1. The van der Waals surface area contributed by atoms with Gasteiger partial charge >= 0.3 is 18.0 Å². The highest BCUT2D eigenvalue weighted by molar-refractivity contribution is 5.86. The number of tetrazole rings is 1. The summed E-state index contributed by atoms with van der Waals surface area (Å²) in [6.45, 7) is -0.0348. The highest BCUT2D eigenvalue weighted by atomic mass is 16.5. The first-order valence-electron chi connectivity index (χ1n) is 5.09. The van der Waals surface area contributed by atoms with Crippen LogP contribution < -0.4 is 10.6 Å². The van der Waals surface area contributed by atoms with E-state index < -0.39 is 30.4 Å². The van der Waals surface area contributed by atoms with Crippen LogP contribution in [-0.4, -0.2) is 56.9 Å². The molecule has 0 aliphatic rings. The van der Waals surface area contributed by atoms with Crippen molar-refractivity contribution in [1.82, 2.24) is 31.3 Å². The maximum atomic E-state index is 11.4. The summed E-state index contributed by atoms with van der Waals surface area (Å²) in [6.07, 6.45) is -0.471. The molecule has 0 saturated carbocycles. The number of hydrogen-bond acceptors (Lipinski definition) is 7. The van der Waals surface area contributed by atoms with Crippen LogP contribution in [0.4, 0.5) is 4.79 Å². The Labute approximate surface area is 106 Å². The maximum absolute atomic E-state index is 11.4. The van der Waals surface area contributed by atoms with Crippen molar-refractivity contribution >= 4 is 18.0 Å². The third-order valence-electron chi connectivity index (χ3n) is 2.00. The molecule has 0 aromatic carbocycles. The minimum atomic E-state index is -1.38. The lowest BCUT2D eigenvalue weighted by Gasteiger charge is -2.13. The normalized spacial score (nSPS) is 11.4. The molecular formula is C8H12N6O5. The molecule has 0 aliphatic heterocycles. The molecule has 1 atom stereocenters. The summed E-state index contributed by atoms with van der Waals surface area (Å²) in [6, 6.07) is -2.15. The number of nitrogens with one attached hydrogen (secondary N) is 3. The van der Waals surface area contributed by atoms with Gasteiger partial charge < -0.3 is 20.5 Å². The number of ether oxygens (including phenoxy) is 1. The summed E-state index contributed by atoms with van der Waals surface area (Å²) in [7, 11) is 1.12. The van der Waals surface area contributed by atoms with Gasteiger partial charge in [0.05, 0.1) is 20.1 Å². The molecular weight excluding hydrogens is 260 g/mol. The minimum Gasteiger partial charge on any atom is -0.480 e. The minimum absolute atomic E-state index is 0.0348. The van der Waals surface area contributed by atoms with Gasteiger partial charge in [-0.3, -0.25) is 4.79 Å². The molecule has 1 heterocycles. The molecule has 0 radical (unpaired) electrons. The van der Waals surface area contributed by atoms with Crippen LogP contribution in [0, 0.1) is 0 Å². The van der Waals surface area contributed by atoms with Crippen LogP contribution in [-0.2, 0) is 20.9 Å². The summed E-state index contributed by atoms with van der Waals surface area (Å²) in [5, 5.41) is 25.9. The van der Waals surface area contributed by atoms with Crippen molar-refractivity contribution in [3.05, 3.63) is 5.82 Å². The van der Waals surface area contributed by atoms with Gasteiger partial charge in [0, 0.05) is 0 Å². The van der Waals surface area contributed by atoms with Crippen LogP contribution in [0.5, 0.6) is 0 Å². The van der Waals surface area contributed by atoms with E-state index in [-0.39, 0.29) is 12.4 Å². The van der Waals surface area contributed by atoms with Gasteiger partial charge in [-0.2, -0.15) is 5.21 Å². The van der Waals surface area contributed by atoms with E-state index in [9.17, 15) is 14.4 Å². The zero-order valence-electron chi connectivity index (χ0n) is 9.91. The summed E-state index contributed by atoms with van der Waals surface area (Å²) in [4.78, 5) is 33.2. The third kappa shape index (κ3) is 4.97. The first-order valence-corrected chi connectivity index (χ1v) is 5.09. The van der Waals surface area contributed by atoms with Crippen molar-refractivity contribution in [3.8, 4) is 0 Å². The smallest absolute Gasteiger partial charge is 0.326 e. The Hall–Kier alpha value is -2.72. The van der Waals surface area contributed by atoms with Gasteiger partial charge in [0.1, 0.15) is 6.04 Å². The Morgan fingerprint density at radius 3 is 2.74 bits per heavy atom. The number of amides is 2. The molecule has 0 aliphatic carbocycles. The second kappa shape index (κ2) is 6.88. The fourth-order valence-electron chi connectivity index (χ4n) is 1.08. The standard InChI is InChI=1S/C8H12N6O5/c1-19-6(15)2-4(7(16)17)10-8(18)9-3-5-11-13-14-12-5/h4H,2-3H2,1H3,(H,16,17)(H2,9,10,18)(H,11,12,13,14)/t4-/m0/s1. The van der Waals surface area contributed by atoms with E-state index in [0.717, 1.165) is 7.11 Å². The predicted octanol–water partition coefficient (Wildman–Crippen LogP) is -1.98. The summed E-state index contributed by atoms with van der Waals surface area (Å²) in [5.74, 6) is -1.86. The first-order chi connectivity index (χ1) is 9.02. The third-order valence-corrected chi connectivity index (χ3v) is 2.00. The molecule has 0 fully saturated rings. The fourth-order valence-corrected chi connectivity index (χ4v) is 1.08. The Bertz CT molecular complexity index is 446. The van der Waals surface area contributed by atoms with Crippen molar-refractivity contribution in [1.29, 1.82) is 0 Å². The molecule has 11 nitrogen and oxygen atoms in total. The second-order valence-corrected chi connectivity index (χ2v) is 3.33. The van der Waals surface area contributed by atoms with Crippen molar-refractivity contribution in [2.24, 2.45) is 0 Å². The lowest BCUT2D eigenvalue weighted by atomic mass is 10.2. The van der Waals surface area contributed by atoms with Crippen LogP contribution in [0.15, 0.2) is 0 Å². The second-order valence-electron chi connectivity index (χ2n) is 3.33. The van der Waals surface area contributed by atoms with Gasteiger partial charge in [0.25, 0.3) is 0 Å². The number of aliphatic carboxylic acids is 1. The Balaban J connectivity index is 2.42. The zero-order chi connectivity index (χ0) is 14.3. The number of urea groups is 1. The van der Waals surface area contributed by atoms with Gasteiger partial charge in [-0.1, -0.05) is 5.21 Å². The number of carboxylic acids is 1. The Kier molecular flexibility index (Phi) is 5.19. The number of aromatic amines is 1. The van der Waals surface area contributed by atoms with Gasteiger partial charge in [0.15, 0.2) is 5.82 Å². The van der Waals surface area contributed by atoms with Crippen molar-refractivity contribution in [3.63, 3.8) is 0 Å². The van der Waals surface area contributed by atoms with Crippen LogP contribution in [0.3, 0.4) is 0 Å². The number of carbonyl (C=O) groups excluding carboxylic acids is 2. The summed E-state index contributed by atoms with van der Waals surface area (Å²) < 4.78 is 4.32. The maximum Gasteiger partial charge on any atom is 0.326 e. The fraction of sp³-hybridized carbons (Fsp3) is 0.500. The predicted molar refractivity (Wildman–Crippen MR) is 57.6 cm³/mol. The quantitative estimate of drug-likeness (QED) is 0.433. The van der Waals surface area contributed by atoms with E-state index in [1.807, 2.05) is 0 Å². The van der Waals surface area contributed by atoms with Gasteiger partial charge in [-0.25, -0.2) is 9.59 Å². The highest BCUT2D eigenvalue weighted by Crippen LogP contribution is 1.95. The largest absolute Gasteiger partial charge is 0.480 e. The zero-order valence-corrected chi connectivity index (χ0v) is 9.91. The van der Waals surface area contributed by atoms with Crippen LogP contribution >= 0.6 is 0 Å². The lowest BCUT2D eigenvalue weighted by molar-refractivity contribution is -0.147. The topological polar surface area (TPSA) is 159 Å². The average molecular weight is 272 g/mol. The van der Waals surface area contributed by atoms with Crippen molar-refractivity contribution in [2.45, 2.75) is 19.0 Å². The molecule has 1 aromatic heterocycles. The number of rotatable bonds is 6. The van der Waals surface area contributed by atoms with E-state index in [1.54, 1.807) is 0 Å². The number of carbonyl (C=O) groups is 3. The average Bonchev–Trinajstić information content (AvgIpc) is 2.88. The van der Waals surface area contributed by atoms with E-state index in [2.05, 4.69) is 36.0 Å². The number of esters is 1. The van der Waals surface area contributed by atoms with Gasteiger partial charge in [-0.05, 0) is 0 Å². The number of aromatic nitrogens is 4. The molecule has 1 aromatic rings. The number of carboxylic acid groups (broad SMARTS) is 1. The van der Waals surface area contributed by atoms with Crippen LogP contribution in [0.25, 0.3) is 0 Å². The Morgan fingerprint density at radius 2 is 2.21 bits per heavy atom.